The van der Waals surface area contributed by atoms with Crippen molar-refractivity contribution in [1.29, 1.82) is 0 Å². The molecule has 0 amide bonds. The van der Waals surface area contributed by atoms with Crippen molar-refractivity contribution in [3.63, 3.8) is 0 Å². The van der Waals surface area contributed by atoms with Crippen LogP contribution in [-0.2, 0) is 0 Å². The number of hydrogen-bond donors (Lipinski definition) is 0. The number of nitrogens with zero attached hydrogens (tertiary/aromatic N) is 3. The number of benzene rings is 2. The van der Waals surface area contributed by atoms with E-state index in [1.165, 1.54) is 12.5 Å². The number of hydrogen-bond acceptors (Lipinski definition) is 5. The lowest BCUT2D eigenvalue weighted by atomic mass is 10.2. The molecule has 130 valence electrons. The van der Waals surface area contributed by atoms with Crippen LogP contribution in [0.3, 0.4) is 0 Å². The van der Waals surface area contributed by atoms with Gasteiger partial charge in [-0.25, -0.2) is 0 Å². The first kappa shape index (κ1) is 17.2. The number of nitro groups is 1. The van der Waals surface area contributed by atoms with E-state index in [9.17, 15) is 10.1 Å². The lowest BCUT2D eigenvalue weighted by Crippen LogP contribution is -2.24. The van der Waals surface area contributed by atoms with Crippen LogP contribution in [0, 0.1) is 10.1 Å². The average Bonchev–Trinajstić information content (AvgIpc) is 2.63. The number of nitro benzene ring substituents is 1. The molecule has 2 aromatic rings. The Morgan fingerprint density at radius 3 is 2.60 bits per heavy atom. The minimum absolute atomic E-state index is 0.123. The molecule has 1 heterocycles. The first-order chi connectivity index (χ1) is 12.1. The van der Waals surface area contributed by atoms with Gasteiger partial charge in [-0.2, -0.15) is 5.10 Å². The van der Waals surface area contributed by atoms with E-state index in [-0.39, 0.29) is 11.4 Å². The Kier molecular flexibility index (Phi) is 5.50. The van der Waals surface area contributed by atoms with Gasteiger partial charge in [-0.15, -0.1) is 0 Å². The van der Waals surface area contributed by atoms with Gasteiger partial charge in [-0.05, 0) is 43.5 Å². The number of halogens is 1. The van der Waals surface area contributed by atoms with Crippen LogP contribution in [-0.4, -0.2) is 29.2 Å². The second-order valence-electron chi connectivity index (χ2n) is 5.78. The summed E-state index contributed by atoms with van der Waals surface area (Å²) < 4.78 is 5.62. The highest BCUT2D eigenvalue weighted by atomic mass is 35.5. The first-order valence-electron chi connectivity index (χ1n) is 8.13. The van der Waals surface area contributed by atoms with E-state index in [2.05, 4.69) is 5.10 Å². The molecule has 25 heavy (non-hydrogen) atoms. The van der Waals surface area contributed by atoms with Crippen molar-refractivity contribution in [2.24, 2.45) is 5.10 Å². The number of para-hydroxylation sites is 1. The van der Waals surface area contributed by atoms with Crippen molar-refractivity contribution in [3.8, 4) is 11.5 Å². The van der Waals surface area contributed by atoms with Gasteiger partial charge in [-0.3, -0.25) is 15.1 Å². The van der Waals surface area contributed by atoms with Crippen molar-refractivity contribution in [2.45, 2.75) is 19.3 Å². The Morgan fingerprint density at radius 1 is 1.12 bits per heavy atom. The Hall–Kier alpha value is -2.60. The van der Waals surface area contributed by atoms with Crippen LogP contribution in [0.1, 0.15) is 24.8 Å². The van der Waals surface area contributed by atoms with E-state index in [0.717, 1.165) is 25.9 Å². The normalized spacial score (nSPS) is 14.7. The molecule has 0 unspecified atom stereocenters. The molecule has 1 aliphatic heterocycles. The van der Waals surface area contributed by atoms with Gasteiger partial charge in [0.25, 0.3) is 0 Å². The SMILES string of the molecule is O=[N+]([O-])c1cc(/C=N\N2CCCCC2)ccc1Oc1ccccc1Cl. The van der Waals surface area contributed by atoms with Crippen LogP contribution in [0.2, 0.25) is 5.02 Å². The van der Waals surface area contributed by atoms with E-state index in [4.69, 9.17) is 16.3 Å². The van der Waals surface area contributed by atoms with Crippen LogP contribution >= 0.6 is 11.6 Å². The predicted octanol–water partition coefficient (Wildman–Crippen LogP) is 4.86. The molecule has 2 aromatic carbocycles. The largest absolute Gasteiger partial charge is 0.449 e. The molecule has 0 atom stereocenters. The zero-order chi connectivity index (χ0) is 17.6. The topological polar surface area (TPSA) is 68.0 Å². The summed E-state index contributed by atoms with van der Waals surface area (Å²) in [5.74, 6) is 0.523. The van der Waals surface area contributed by atoms with Crippen molar-refractivity contribution >= 4 is 23.5 Å². The summed E-state index contributed by atoms with van der Waals surface area (Å²) in [4.78, 5) is 10.9. The smallest absolute Gasteiger partial charge is 0.312 e. The minimum atomic E-state index is -0.468. The molecule has 0 radical (unpaired) electrons. The molecule has 1 aliphatic rings. The molecule has 0 spiro atoms. The molecule has 1 saturated heterocycles. The van der Waals surface area contributed by atoms with Crippen LogP contribution in [0.4, 0.5) is 5.69 Å². The van der Waals surface area contributed by atoms with Crippen molar-refractivity contribution < 1.29 is 9.66 Å². The molecule has 0 aliphatic carbocycles. The van der Waals surface area contributed by atoms with Crippen LogP contribution in [0.15, 0.2) is 47.6 Å². The molecular weight excluding hydrogens is 342 g/mol. The highest BCUT2D eigenvalue weighted by molar-refractivity contribution is 6.32. The van der Waals surface area contributed by atoms with E-state index < -0.39 is 4.92 Å². The maximum Gasteiger partial charge on any atom is 0.312 e. The van der Waals surface area contributed by atoms with Gasteiger partial charge in [0.05, 0.1) is 16.2 Å². The molecule has 6 nitrogen and oxygen atoms in total. The monoisotopic (exact) mass is 359 g/mol. The standard InChI is InChI=1S/C18H18ClN3O3/c19-15-6-2-3-7-17(15)25-18-9-8-14(12-16(18)22(23)24)13-20-21-10-4-1-5-11-21/h2-3,6-9,12-13H,1,4-5,10-11H2/b20-13-. The van der Waals surface area contributed by atoms with Gasteiger partial charge in [0.15, 0.2) is 0 Å². The second kappa shape index (κ2) is 7.98. The molecule has 7 heteroatoms. The molecule has 3 rings (SSSR count). The van der Waals surface area contributed by atoms with Gasteiger partial charge >= 0.3 is 5.69 Å². The fourth-order valence-electron chi connectivity index (χ4n) is 2.63. The molecule has 0 bridgehead atoms. The Bertz CT molecular complexity index is 789. The summed E-state index contributed by atoms with van der Waals surface area (Å²) in [6.45, 7) is 1.85. The third-order valence-electron chi connectivity index (χ3n) is 3.94. The lowest BCUT2D eigenvalue weighted by molar-refractivity contribution is -0.385. The molecule has 1 fully saturated rings. The molecular formula is C18H18ClN3O3. The second-order valence-corrected chi connectivity index (χ2v) is 6.18. The van der Waals surface area contributed by atoms with Crippen molar-refractivity contribution in [2.75, 3.05) is 13.1 Å². The van der Waals surface area contributed by atoms with Gasteiger partial charge in [-0.1, -0.05) is 23.7 Å². The van der Waals surface area contributed by atoms with Crippen LogP contribution in [0.25, 0.3) is 0 Å². The summed E-state index contributed by atoms with van der Waals surface area (Å²) in [7, 11) is 0. The maximum atomic E-state index is 11.4. The van der Waals surface area contributed by atoms with Crippen LogP contribution < -0.4 is 4.74 Å². The van der Waals surface area contributed by atoms with E-state index in [1.54, 1.807) is 42.6 Å². The number of piperidine rings is 1. The van der Waals surface area contributed by atoms with Gasteiger partial charge in [0, 0.05) is 24.7 Å². The number of rotatable bonds is 5. The third-order valence-corrected chi connectivity index (χ3v) is 4.25. The van der Waals surface area contributed by atoms with Crippen molar-refractivity contribution in [3.05, 3.63) is 63.2 Å². The summed E-state index contributed by atoms with van der Waals surface area (Å²) in [6.07, 6.45) is 5.13. The van der Waals surface area contributed by atoms with Gasteiger partial charge in [0.1, 0.15) is 5.75 Å². The predicted molar refractivity (Wildman–Crippen MR) is 97.6 cm³/mol. The number of hydrazone groups is 1. The average molecular weight is 360 g/mol. The highest BCUT2D eigenvalue weighted by Crippen LogP contribution is 2.35. The Morgan fingerprint density at radius 2 is 1.88 bits per heavy atom. The summed E-state index contributed by atoms with van der Waals surface area (Å²) in [5.41, 5.74) is 0.534. The minimum Gasteiger partial charge on any atom is -0.449 e. The summed E-state index contributed by atoms with van der Waals surface area (Å²) >= 11 is 6.05. The molecule has 0 aromatic heterocycles. The molecule has 0 N–H and O–H groups in total. The number of ether oxygens (including phenoxy) is 1. The summed E-state index contributed by atoms with van der Waals surface area (Å²) in [6, 6.07) is 11.6. The van der Waals surface area contributed by atoms with E-state index in [1.807, 2.05) is 5.01 Å². The van der Waals surface area contributed by atoms with E-state index in [0.29, 0.717) is 16.3 Å². The maximum absolute atomic E-state index is 11.4. The van der Waals surface area contributed by atoms with Gasteiger partial charge in [0.2, 0.25) is 5.75 Å². The summed E-state index contributed by atoms with van der Waals surface area (Å²) in [5, 5.41) is 18.2. The Balaban J connectivity index is 1.82. The fourth-order valence-corrected chi connectivity index (χ4v) is 2.80. The lowest BCUT2D eigenvalue weighted by Gasteiger charge is -2.23. The zero-order valence-electron chi connectivity index (χ0n) is 13.6. The van der Waals surface area contributed by atoms with E-state index >= 15 is 0 Å². The first-order valence-corrected chi connectivity index (χ1v) is 8.51. The quantitative estimate of drug-likeness (QED) is 0.434. The van der Waals surface area contributed by atoms with Crippen LogP contribution in [0.5, 0.6) is 11.5 Å². The third kappa shape index (κ3) is 4.48. The van der Waals surface area contributed by atoms with Crippen molar-refractivity contribution in [1.82, 2.24) is 5.01 Å². The fraction of sp³-hybridized carbons (Fsp3) is 0.278. The van der Waals surface area contributed by atoms with Gasteiger partial charge < -0.3 is 4.74 Å². The Labute approximate surface area is 150 Å². The highest BCUT2D eigenvalue weighted by Gasteiger charge is 2.17. The molecule has 0 saturated carbocycles. The zero-order valence-corrected chi connectivity index (χ0v) is 14.4.